The molecule has 0 spiro atoms. The molecule has 0 atom stereocenters. The van der Waals surface area contributed by atoms with Crippen LogP contribution in [0.4, 0.5) is 0 Å². The van der Waals surface area contributed by atoms with Crippen LogP contribution >= 0.6 is 0 Å². The molecule has 1 aromatic carbocycles. The summed E-state index contributed by atoms with van der Waals surface area (Å²) < 4.78 is 25.0. The third kappa shape index (κ3) is 3.46. The fraction of sp³-hybridized carbons (Fsp3) is 0.417. The minimum Gasteiger partial charge on any atom is -0.202 e. The van der Waals surface area contributed by atoms with Gasteiger partial charge in [0.25, 0.3) is 10.0 Å². The van der Waals surface area contributed by atoms with Crippen LogP contribution < -0.4 is 0 Å². The highest BCUT2D eigenvalue weighted by atomic mass is 32.2. The number of rotatable bonds is 6. The lowest BCUT2D eigenvalue weighted by Gasteiger charge is -2.15. The maximum atomic E-state index is 12.1. The van der Waals surface area contributed by atoms with Crippen LogP contribution in [-0.2, 0) is 10.0 Å². The van der Waals surface area contributed by atoms with E-state index in [1.54, 1.807) is 24.4 Å². The van der Waals surface area contributed by atoms with E-state index in [-0.39, 0.29) is 11.4 Å². The standard InChI is InChI=1S/C12H16N2O2S/c1-2-3-7-10-14(11-13)17(15,16)12-8-5-4-6-9-12/h4-6,8-9H,2-3,7,10H2,1H3. The van der Waals surface area contributed by atoms with Crippen molar-refractivity contribution in [2.45, 2.75) is 31.1 Å². The number of nitrogens with zero attached hydrogens (tertiary/aromatic N) is 2. The van der Waals surface area contributed by atoms with Crippen molar-refractivity contribution in [1.29, 1.82) is 5.26 Å². The first-order valence-corrected chi connectivity index (χ1v) is 7.04. The summed E-state index contributed by atoms with van der Waals surface area (Å²) >= 11 is 0. The molecule has 0 bridgehead atoms. The molecule has 0 aliphatic rings. The molecule has 0 aromatic heterocycles. The molecule has 1 aromatic rings. The Bertz CT molecular complexity index is 477. The SMILES string of the molecule is CCCCCN(C#N)S(=O)(=O)c1ccccc1. The number of hydrogen-bond donors (Lipinski definition) is 0. The number of sulfonamides is 1. The van der Waals surface area contributed by atoms with Gasteiger partial charge in [0.1, 0.15) is 0 Å². The summed E-state index contributed by atoms with van der Waals surface area (Å²) in [6.07, 6.45) is 4.36. The molecule has 92 valence electrons. The second kappa shape index (κ2) is 6.26. The second-order valence-corrected chi connectivity index (χ2v) is 5.56. The fourth-order valence-corrected chi connectivity index (χ4v) is 2.68. The lowest BCUT2D eigenvalue weighted by Crippen LogP contribution is -2.27. The van der Waals surface area contributed by atoms with Gasteiger partial charge in [-0.15, -0.1) is 0 Å². The zero-order chi connectivity index (χ0) is 12.7. The summed E-state index contributed by atoms with van der Waals surface area (Å²) in [5.41, 5.74) is 0. The molecular weight excluding hydrogens is 236 g/mol. The van der Waals surface area contributed by atoms with Crippen LogP contribution in [0.5, 0.6) is 0 Å². The van der Waals surface area contributed by atoms with Crippen molar-refractivity contribution < 1.29 is 8.42 Å². The minimum absolute atomic E-state index is 0.165. The second-order valence-electron chi connectivity index (χ2n) is 3.70. The molecule has 0 saturated carbocycles. The van der Waals surface area contributed by atoms with E-state index in [0.717, 1.165) is 17.1 Å². The van der Waals surface area contributed by atoms with E-state index in [4.69, 9.17) is 5.26 Å². The van der Waals surface area contributed by atoms with Crippen molar-refractivity contribution in [2.75, 3.05) is 6.54 Å². The van der Waals surface area contributed by atoms with E-state index in [0.29, 0.717) is 6.42 Å². The number of nitriles is 1. The first-order valence-electron chi connectivity index (χ1n) is 5.60. The van der Waals surface area contributed by atoms with Gasteiger partial charge in [-0.25, -0.2) is 12.7 Å². The predicted molar refractivity (Wildman–Crippen MR) is 65.5 cm³/mol. The van der Waals surface area contributed by atoms with E-state index < -0.39 is 10.0 Å². The Kier molecular flexibility index (Phi) is 4.98. The molecule has 5 heteroatoms. The molecule has 4 nitrogen and oxygen atoms in total. The van der Waals surface area contributed by atoms with Crippen LogP contribution in [0, 0.1) is 11.5 Å². The third-order valence-electron chi connectivity index (χ3n) is 2.41. The molecule has 0 fully saturated rings. The van der Waals surface area contributed by atoms with Crippen LogP contribution in [0.3, 0.4) is 0 Å². The van der Waals surface area contributed by atoms with Crippen molar-refractivity contribution in [2.24, 2.45) is 0 Å². The van der Waals surface area contributed by atoms with Crippen LogP contribution in [0.15, 0.2) is 35.2 Å². The van der Waals surface area contributed by atoms with Gasteiger partial charge in [-0.3, -0.25) is 0 Å². The molecular formula is C12H16N2O2S. The molecule has 0 amide bonds. The van der Waals surface area contributed by atoms with E-state index in [2.05, 4.69) is 0 Å². The van der Waals surface area contributed by atoms with E-state index in [1.165, 1.54) is 12.1 Å². The Hall–Kier alpha value is -1.54. The Morgan fingerprint density at radius 2 is 1.88 bits per heavy atom. The van der Waals surface area contributed by atoms with Crippen LogP contribution in [0.2, 0.25) is 0 Å². The van der Waals surface area contributed by atoms with Crippen molar-refractivity contribution in [3.05, 3.63) is 30.3 Å². The first kappa shape index (κ1) is 13.5. The van der Waals surface area contributed by atoms with Crippen LogP contribution in [-0.4, -0.2) is 19.3 Å². The van der Waals surface area contributed by atoms with Crippen LogP contribution in [0.25, 0.3) is 0 Å². The van der Waals surface area contributed by atoms with Gasteiger partial charge in [0.15, 0.2) is 6.19 Å². The number of unbranched alkanes of at least 4 members (excludes halogenated alkanes) is 2. The van der Waals surface area contributed by atoms with Gasteiger partial charge in [0.2, 0.25) is 0 Å². The summed E-state index contributed by atoms with van der Waals surface area (Å²) in [5, 5.41) is 8.92. The minimum atomic E-state index is -3.66. The Balaban J connectivity index is 2.85. The van der Waals surface area contributed by atoms with Crippen molar-refractivity contribution >= 4 is 10.0 Å². The highest BCUT2D eigenvalue weighted by Crippen LogP contribution is 2.15. The Morgan fingerprint density at radius 1 is 1.24 bits per heavy atom. The Labute approximate surface area is 103 Å². The van der Waals surface area contributed by atoms with E-state index >= 15 is 0 Å². The van der Waals surface area contributed by atoms with Crippen molar-refractivity contribution in [1.82, 2.24) is 4.31 Å². The zero-order valence-electron chi connectivity index (χ0n) is 9.83. The predicted octanol–water partition coefficient (Wildman–Crippen LogP) is 2.35. The van der Waals surface area contributed by atoms with Gasteiger partial charge in [-0.05, 0) is 18.6 Å². The smallest absolute Gasteiger partial charge is 0.202 e. The summed E-state index contributed by atoms with van der Waals surface area (Å²) in [4.78, 5) is 0.165. The first-order chi connectivity index (χ1) is 8.12. The molecule has 0 unspecified atom stereocenters. The van der Waals surface area contributed by atoms with Gasteiger partial charge in [0, 0.05) is 6.54 Å². The lowest BCUT2D eigenvalue weighted by molar-refractivity contribution is 0.490. The largest absolute Gasteiger partial charge is 0.272 e. The Morgan fingerprint density at radius 3 is 2.41 bits per heavy atom. The monoisotopic (exact) mass is 252 g/mol. The van der Waals surface area contributed by atoms with Crippen molar-refractivity contribution in [3.63, 3.8) is 0 Å². The molecule has 0 N–H and O–H groups in total. The number of benzene rings is 1. The normalized spacial score (nSPS) is 10.8. The highest BCUT2D eigenvalue weighted by molar-refractivity contribution is 7.89. The molecule has 1 rings (SSSR count). The molecule has 0 aliphatic carbocycles. The fourth-order valence-electron chi connectivity index (χ4n) is 1.45. The summed E-state index contributed by atoms with van der Waals surface area (Å²) in [5.74, 6) is 0. The van der Waals surface area contributed by atoms with Gasteiger partial charge in [0.05, 0.1) is 4.90 Å². The average molecular weight is 252 g/mol. The quantitative estimate of drug-likeness (QED) is 0.443. The van der Waals surface area contributed by atoms with Gasteiger partial charge in [-0.1, -0.05) is 38.0 Å². The summed E-state index contributed by atoms with van der Waals surface area (Å²) in [7, 11) is -3.66. The van der Waals surface area contributed by atoms with Gasteiger partial charge in [-0.2, -0.15) is 5.26 Å². The molecule has 0 aliphatic heterocycles. The van der Waals surface area contributed by atoms with Gasteiger partial charge >= 0.3 is 0 Å². The lowest BCUT2D eigenvalue weighted by atomic mass is 10.2. The third-order valence-corrected chi connectivity index (χ3v) is 4.12. The molecule has 0 radical (unpaired) electrons. The highest BCUT2D eigenvalue weighted by Gasteiger charge is 2.22. The van der Waals surface area contributed by atoms with E-state index in [1.807, 2.05) is 6.92 Å². The average Bonchev–Trinajstić information content (AvgIpc) is 2.35. The molecule has 0 heterocycles. The maximum absolute atomic E-state index is 12.1. The topological polar surface area (TPSA) is 61.2 Å². The zero-order valence-corrected chi connectivity index (χ0v) is 10.7. The maximum Gasteiger partial charge on any atom is 0.272 e. The van der Waals surface area contributed by atoms with Crippen molar-refractivity contribution in [3.8, 4) is 6.19 Å². The number of hydrogen-bond acceptors (Lipinski definition) is 3. The van der Waals surface area contributed by atoms with Crippen LogP contribution in [0.1, 0.15) is 26.2 Å². The molecule has 17 heavy (non-hydrogen) atoms. The van der Waals surface area contributed by atoms with Gasteiger partial charge < -0.3 is 0 Å². The molecule has 0 saturated heterocycles. The summed E-state index contributed by atoms with van der Waals surface area (Å²) in [6, 6.07) is 8.04. The van der Waals surface area contributed by atoms with E-state index in [9.17, 15) is 8.42 Å². The summed E-state index contributed by atoms with van der Waals surface area (Å²) in [6.45, 7) is 2.28.